The third kappa shape index (κ3) is 4.94. The van der Waals surface area contributed by atoms with Gasteiger partial charge in [-0.2, -0.15) is 0 Å². The van der Waals surface area contributed by atoms with E-state index in [1.54, 1.807) is 0 Å². The molecular weight excluding hydrogens is 280 g/mol. The summed E-state index contributed by atoms with van der Waals surface area (Å²) in [5.74, 6) is 1.97. The van der Waals surface area contributed by atoms with E-state index in [4.69, 9.17) is 0 Å². The van der Waals surface area contributed by atoms with Crippen molar-refractivity contribution < 1.29 is 4.79 Å². The zero-order valence-electron chi connectivity index (χ0n) is 17.2. The highest BCUT2D eigenvalue weighted by Gasteiger charge is 2.45. The highest BCUT2D eigenvalue weighted by atomic mass is 16.1. The Morgan fingerprint density at radius 1 is 0.957 bits per heavy atom. The predicted octanol–water partition coefficient (Wildman–Crippen LogP) is 6.82. The molecule has 0 aromatic heterocycles. The van der Waals surface area contributed by atoms with Crippen LogP contribution in [0.4, 0.5) is 0 Å². The largest absolute Gasteiger partial charge is 0.299 e. The SMILES string of the molecule is CC(C)=CC(C)(C(=O)CC(C)(C)C1CCC(C)CC1)C(C)(C)C. The van der Waals surface area contributed by atoms with Gasteiger partial charge >= 0.3 is 0 Å². The Bertz CT molecular complexity index is 437. The summed E-state index contributed by atoms with van der Waals surface area (Å²) >= 11 is 0. The molecule has 134 valence electrons. The first-order valence-electron chi connectivity index (χ1n) is 9.49. The number of hydrogen-bond acceptors (Lipinski definition) is 1. The quantitative estimate of drug-likeness (QED) is 0.508. The van der Waals surface area contributed by atoms with Crippen LogP contribution in [-0.4, -0.2) is 5.78 Å². The van der Waals surface area contributed by atoms with Crippen molar-refractivity contribution in [3.05, 3.63) is 11.6 Å². The molecule has 23 heavy (non-hydrogen) atoms. The molecule has 1 aliphatic carbocycles. The fourth-order valence-corrected chi connectivity index (χ4v) is 4.08. The van der Waals surface area contributed by atoms with Crippen molar-refractivity contribution in [2.75, 3.05) is 0 Å². The smallest absolute Gasteiger partial charge is 0.143 e. The van der Waals surface area contributed by atoms with Gasteiger partial charge in [-0.1, -0.05) is 66.0 Å². The molecule has 1 unspecified atom stereocenters. The van der Waals surface area contributed by atoms with Crippen LogP contribution in [0, 0.1) is 28.1 Å². The zero-order chi connectivity index (χ0) is 18.1. The van der Waals surface area contributed by atoms with E-state index in [1.807, 2.05) is 0 Å². The molecule has 0 radical (unpaired) electrons. The molecule has 1 nitrogen and oxygen atoms in total. The van der Waals surface area contributed by atoms with E-state index in [0.717, 1.165) is 5.92 Å². The Balaban J connectivity index is 2.96. The lowest BCUT2D eigenvalue weighted by atomic mass is 9.59. The van der Waals surface area contributed by atoms with Gasteiger partial charge in [0.05, 0.1) is 0 Å². The van der Waals surface area contributed by atoms with Crippen LogP contribution in [0.2, 0.25) is 0 Å². The number of rotatable bonds is 5. The van der Waals surface area contributed by atoms with E-state index >= 15 is 0 Å². The van der Waals surface area contributed by atoms with Crippen LogP contribution in [0.3, 0.4) is 0 Å². The molecule has 0 aliphatic heterocycles. The number of allylic oxidation sites excluding steroid dienone is 2. The third-order valence-electron chi connectivity index (χ3n) is 6.45. The summed E-state index contributed by atoms with van der Waals surface area (Å²) < 4.78 is 0. The minimum Gasteiger partial charge on any atom is -0.299 e. The zero-order valence-corrected chi connectivity index (χ0v) is 17.2. The normalized spacial score (nSPS) is 25.6. The third-order valence-corrected chi connectivity index (χ3v) is 6.45. The van der Waals surface area contributed by atoms with Crippen molar-refractivity contribution >= 4 is 5.78 Å². The summed E-state index contributed by atoms with van der Waals surface area (Å²) in [6.07, 6.45) is 8.13. The van der Waals surface area contributed by atoms with Gasteiger partial charge in [0.2, 0.25) is 0 Å². The maximum absolute atomic E-state index is 13.3. The summed E-state index contributed by atoms with van der Waals surface area (Å²) in [7, 11) is 0. The topological polar surface area (TPSA) is 17.1 Å². The first kappa shape index (κ1) is 20.5. The second-order valence-corrected chi connectivity index (χ2v) is 10.2. The van der Waals surface area contributed by atoms with Crippen LogP contribution in [0.5, 0.6) is 0 Å². The van der Waals surface area contributed by atoms with Gasteiger partial charge in [-0.15, -0.1) is 0 Å². The Hall–Kier alpha value is -0.590. The fraction of sp³-hybridized carbons (Fsp3) is 0.864. The van der Waals surface area contributed by atoms with Gasteiger partial charge in [-0.05, 0) is 56.3 Å². The molecule has 1 atom stereocenters. The van der Waals surface area contributed by atoms with E-state index in [0.29, 0.717) is 18.1 Å². The highest BCUT2D eigenvalue weighted by Crippen LogP contribution is 2.47. The van der Waals surface area contributed by atoms with Crippen molar-refractivity contribution in [3.63, 3.8) is 0 Å². The van der Waals surface area contributed by atoms with E-state index < -0.39 is 0 Å². The molecule has 1 fully saturated rings. The number of carbonyl (C=O) groups excluding carboxylic acids is 1. The molecule has 0 heterocycles. The Labute approximate surface area is 145 Å². The molecule has 0 aromatic carbocycles. The van der Waals surface area contributed by atoms with E-state index in [2.05, 4.69) is 68.4 Å². The van der Waals surface area contributed by atoms with Gasteiger partial charge in [-0.3, -0.25) is 4.79 Å². The summed E-state index contributed by atoms with van der Waals surface area (Å²) in [5.41, 5.74) is 0.906. The molecule has 0 N–H and O–H groups in total. The van der Waals surface area contributed by atoms with Gasteiger partial charge in [0, 0.05) is 11.8 Å². The average molecular weight is 321 g/mol. The number of Topliss-reactive ketones (excluding diaryl/α,β-unsaturated/α-hetero) is 1. The van der Waals surface area contributed by atoms with Crippen LogP contribution in [0.15, 0.2) is 11.6 Å². The van der Waals surface area contributed by atoms with Crippen LogP contribution >= 0.6 is 0 Å². The molecule has 0 bridgehead atoms. The lowest BCUT2D eigenvalue weighted by molar-refractivity contribution is -0.133. The van der Waals surface area contributed by atoms with E-state index in [1.165, 1.54) is 31.3 Å². The Morgan fingerprint density at radius 3 is 1.83 bits per heavy atom. The molecule has 0 aromatic rings. The molecule has 1 aliphatic rings. The van der Waals surface area contributed by atoms with Gasteiger partial charge in [0.25, 0.3) is 0 Å². The molecule has 0 spiro atoms. The van der Waals surface area contributed by atoms with E-state index in [-0.39, 0.29) is 16.2 Å². The Kier molecular flexibility index (Phi) is 6.33. The first-order valence-corrected chi connectivity index (χ1v) is 9.49. The minimum absolute atomic E-state index is 0.0570. The fourth-order valence-electron chi connectivity index (χ4n) is 4.08. The van der Waals surface area contributed by atoms with E-state index in [9.17, 15) is 4.79 Å². The predicted molar refractivity (Wildman–Crippen MR) is 102 cm³/mol. The molecule has 0 amide bonds. The van der Waals surface area contributed by atoms with Crippen LogP contribution < -0.4 is 0 Å². The maximum Gasteiger partial charge on any atom is 0.143 e. The van der Waals surface area contributed by atoms with Crippen molar-refractivity contribution in [2.24, 2.45) is 28.1 Å². The second kappa shape index (κ2) is 7.11. The summed E-state index contributed by atoms with van der Waals surface area (Å²) in [6, 6.07) is 0. The number of carbonyl (C=O) groups is 1. The number of ketones is 1. The van der Waals surface area contributed by atoms with Crippen molar-refractivity contribution in [2.45, 2.75) is 94.4 Å². The first-order chi connectivity index (χ1) is 10.3. The highest BCUT2D eigenvalue weighted by molar-refractivity contribution is 5.87. The maximum atomic E-state index is 13.3. The van der Waals surface area contributed by atoms with Crippen molar-refractivity contribution in [3.8, 4) is 0 Å². The molecule has 1 saturated carbocycles. The van der Waals surface area contributed by atoms with Gasteiger partial charge in [-0.25, -0.2) is 0 Å². The molecule has 0 saturated heterocycles. The monoisotopic (exact) mass is 320 g/mol. The Morgan fingerprint density at radius 2 is 1.43 bits per heavy atom. The molecule has 1 heteroatoms. The average Bonchev–Trinajstić information content (AvgIpc) is 2.36. The molecule has 1 rings (SSSR count). The van der Waals surface area contributed by atoms with Crippen LogP contribution in [-0.2, 0) is 4.79 Å². The second-order valence-electron chi connectivity index (χ2n) is 10.2. The number of hydrogen-bond donors (Lipinski definition) is 0. The summed E-state index contributed by atoms with van der Waals surface area (Å²) in [6.45, 7) is 19.9. The summed E-state index contributed by atoms with van der Waals surface area (Å²) in [4.78, 5) is 13.3. The van der Waals surface area contributed by atoms with Crippen LogP contribution in [0.25, 0.3) is 0 Å². The lowest BCUT2D eigenvalue weighted by Gasteiger charge is -2.43. The standard InChI is InChI=1S/C22H40O/c1-16(2)14-22(9,20(4,5)6)19(23)15-21(7,8)18-12-10-17(3)11-13-18/h14,17-18H,10-13,15H2,1-9H3. The van der Waals surface area contributed by atoms with Gasteiger partial charge in [0.15, 0.2) is 0 Å². The van der Waals surface area contributed by atoms with Crippen molar-refractivity contribution in [1.82, 2.24) is 0 Å². The van der Waals surface area contributed by atoms with Gasteiger partial charge < -0.3 is 0 Å². The van der Waals surface area contributed by atoms with Crippen molar-refractivity contribution in [1.29, 1.82) is 0 Å². The van der Waals surface area contributed by atoms with Gasteiger partial charge in [0.1, 0.15) is 5.78 Å². The molecular formula is C22H40O. The van der Waals surface area contributed by atoms with Crippen LogP contribution in [0.1, 0.15) is 94.4 Å². The summed E-state index contributed by atoms with van der Waals surface area (Å²) in [5, 5.41) is 0. The lowest BCUT2D eigenvalue weighted by Crippen LogP contribution is -2.42. The minimum atomic E-state index is -0.384.